The first-order valence-corrected chi connectivity index (χ1v) is 7.17. The smallest absolute Gasteiger partial charge is 0.252 e. The van der Waals surface area contributed by atoms with Gasteiger partial charge in [0, 0.05) is 0 Å². The second-order valence-electron chi connectivity index (χ2n) is 6.56. The van der Waals surface area contributed by atoms with E-state index in [9.17, 15) is 0 Å². The predicted octanol–water partition coefficient (Wildman–Crippen LogP) is 2.70. The number of hydrogen-bond acceptors (Lipinski definition) is 4. The molecule has 4 fully saturated rings. The molecular formula is C15H17N3O. The Kier molecular flexibility index (Phi) is 2.32. The molecule has 1 heterocycles. The van der Waals surface area contributed by atoms with Gasteiger partial charge in [0.05, 0.1) is 6.20 Å². The summed E-state index contributed by atoms with van der Waals surface area (Å²) < 4.78 is 6.24. The first-order valence-electron chi connectivity index (χ1n) is 7.17. The summed E-state index contributed by atoms with van der Waals surface area (Å²) in [7, 11) is 0. The van der Waals surface area contributed by atoms with Crippen molar-refractivity contribution in [2.24, 2.45) is 17.8 Å². The maximum absolute atomic E-state index is 9.13. The zero-order valence-corrected chi connectivity index (χ0v) is 10.9. The zero-order valence-electron chi connectivity index (χ0n) is 10.9. The lowest BCUT2D eigenvalue weighted by molar-refractivity contribution is -0.109. The summed E-state index contributed by atoms with van der Waals surface area (Å²) in [6.45, 7) is 0. The van der Waals surface area contributed by atoms with Gasteiger partial charge in [0.15, 0.2) is 0 Å². The standard InChI is InChI=1S/C15H17N3O/c16-9-13-1-2-17-18-14(13)19-15-6-10-3-11(7-15)5-12(4-10)8-15/h1-2,10-12H,3-8H2. The molecule has 4 heteroatoms. The maximum atomic E-state index is 9.13. The minimum absolute atomic E-state index is 0.0591. The minimum atomic E-state index is -0.0591. The van der Waals surface area contributed by atoms with E-state index in [4.69, 9.17) is 10.00 Å². The van der Waals surface area contributed by atoms with Gasteiger partial charge in [-0.2, -0.15) is 10.4 Å². The third kappa shape index (κ3) is 1.80. The molecule has 0 atom stereocenters. The number of rotatable bonds is 2. The van der Waals surface area contributed by atoms with Crippen LogP contribution in [0.4, 0.5) is 0 Å². The molecule has 0 unspecified atom stereocenters. The molecule has 5 rings (SSSR count). The quantitative estimate of drug-likeness (QED) is 0.815. The van der Waals surface area contributed by atoms with Gasteiger partial charge in [-0.1, -0.05) is 0 Å². The fourth-order valence-electron chi connectivity index (χ4n) is 4.84. The van der Waals surface area contributed by atoms with Gasteiger partial charge >= 0.3 is 0 Å². The van der Waals surface area contributed by atoms with Crippen molar-refractivity contribution in [3.8, 4) is 11.9 Å². The second-order valence-corrected chi connectivity index (χ2v) is 6.56. The van der Waals surface area contributed by atoms with Crippen LogP contribution in [0, 0.1) is 29.1 Å². The average molecular weight is 255 g/mol. The van der Waals surface area contributed by atoms with E-state index in [1.165, 1.54) is 19.3 Å². The molecule has 4 bridgehead atoms. The summed E-state index contributed by atoms with van der Waals surface area (Å²) in [4.78, 5) is 0. The molecule has 1 aromatic rings. The number of ether oxygens (including phenoxy) is 1. The molecule has 1 aromatic heterocycles. The fraction of sp³-hybridized carbons (Fsp3) is 0.667. The summed E-state index contributed by atoms with van der Waals surface area (Å²) in [5, 5.41) is 17.0. The highest BCUT2D eigenvalue weighted by molar-refractivity contribution is 5.36. The highest BCUT2D eigenvalue weighted by atomic mass is 16.5. The van der Waals surface area contributed by atoms with Gasteiger partial charge in [-0.3, -0.25) is 0 Å². The number of nitriles is 1. The second kappa shape index (κ2) is 3.93. The monoisotopic (exact) mass is 255 g/mol. The van der Waals surface area contributed by atoms with Gasteiger partial charge in [-0.15, -0.1) is 5.10 Å². The molecule has 0 aromatic carbocycles. The van der Waals surface area contributed by atoms with Crippen molar-refractivity contribution >= 4 is 0 Å². The van der Waals surface area contributed by atoms with Gasteiger partial charge in [0.25, 0.3) is 5.88 Å². The Morgan fingerprint density at radius 1 is 1.16 bits per heavy atom. The topological polar surface area (TPSA) is 58.8 Å². The van der Waals surface area contributed by atoms with E-state index < -0.39 is 0 Å². The van der Waals surface area contributed by atoms with Gasteiger partial charge in [0.1, 0.15) is 17.2 Å². The van der Waals surface area contributed by atoms with E-state index >= 15 is 0 Å². The molecule has 19 heavy (non-hydrogen) atoms. The van der Waals surface area contributed by atoms with Crippen molar-refractivity contribution in [1.82, 2.24) is 10.2 Å². The summed E-state index contributed by atoms with van der Waals surface area (Å²) in [6, 6.07) is 3.83. The Morgan fingerprint density at radius 2 is 1.79 bits per heavy atom. The van der Waals surface area contributed by atoms with E-state index in [1.807, 2.05) is 0 Å². The molecule has 98 valence electrons. The Balaban J connectivity index is 1.64. The predicted molar refractivity (Wildman–Crippen MR) is 68.3 cm³/mol. The molecule has 0 amide bonds. The summed E-state index contributed by atoms with van der Waals surface area (Å²) in [6.07, 6.45) is 9.11. The highest BCUT2D eigenvalue weighted by Gasteiger charge is 2.52. The molecular weight excluding hydrogens is 238 g/mol. The lowest BCUT2D eigenvalue weighted by Crippen LogP contribution is -2.53. The van der Waals surface area contributed by atoms with E-state index in [-0.39, 0.29) is 5.60 Å². The average Bonchev–Trinajstić information content (AvgIpc) is 2.37. The lowest BCUT2D eigenvalue weighted by Gasteiger charge is -2.55. The van der Waals surface area contributed by atoms with Crippen LogP contribution in [0.5, 0.6) is 5.88 Å². The number of hydrogen-bond donors (Lipinski definition) is 0. The first-order chi connectivity index (χ1) is 9.26. The number of aromatic nitrogens is 2. The molecule has 4 saturated carbocycles. The molecule has 4 aliphatic rings. The van der Waals surface area contributed by atoms with E-state index in [2.05, 4.69) is 16.3 Å². The van der Waals surface area contributed by atoms with Crippen LogP contribution in [0.3, 0.4) is 0 Å². The zero-order chi connectivity index (χ0) is 12.9. The van der Waals surface area contributed by atoms with Crippen molar-refractivity contribution in [3.63, 3.8) is 0 Å². The Labute approximate surface area is 112 Å². The summed E-state index contributed by atoms with van der Waals surface area (Å²) >= 11 is 0. The van der Waals surface area contributed by atoms with Crippen LogP contribution in [0.15, 0.2) is 12.3 Å². The maximum Gasteiger partial charge on any atom is 0.252 e. The molecule has 4 nitrogen and oxygen atoms in total. The van der Waals surface area contributed by atoms with Crippen LogP contribution >= 0.6 is 0 Å². The largest absolute Gasteiger partial charge is 0.469 e. The summed E-state index contributed by atoms with van der Waals surface area (Å²) in [5.74, 6) is 2.92. The van der Waals surface area contributed by atoms with Gasteiger partial charge in [0.2, 0.25) is 0 Å². The molecule has 4 aliphatic carbocycles. The van der Waals surface area contributed by atoms with Crippen molar-refractivity contribution in [2.75, 3.05) is 0 Å². The van der Waals surface area contributed by atoms with Crippen LogP contribution in [-0.2, 0) is 0 Å². The van der Waals surface area contributed by atoms with Gasteiger partial charge in [-0.05, 0) is 62.3 Å². The van der Waals surface area contributed by atoms with Gasteiger partial charge in [-0.25, -0.2) is 0 Å². The van der Waals surface area contributed by atoms with Crippen LogP contribution in [0.2, 0.25) is 0 Å². The molecule has 0 aliphatic heterocycles. The first kappa shape index (κ1) is 11.2. The Hall–Kier alpha value is -1.63. The van der Waals surface area contributed by atoms with E-state index in [1.54, 1.807) is 12.3 Å². The third-order valence-electron chi connectivity index (χ3n) is 5.10. The molecule has 0 spiro atoms. The number of nitrogens with zero attached hydrogens (tertiary/aromatic N) is 3. The lowest BCUT2D eigenvalue weighted by atomic mass is 9.54. The summed E-state index contributed by atoms with van der Waals surface area (Å²) in [5.41, 5.74) is 0.446. The van der Waals surface area contributed by atoms with Crippen LogP contribution < -0.4 is 4.74 Å². The van der Waals surface area contributed by atoms with Crippen molar-refractivity contribution in [2.45, 2.75) is 44.1 Å². The molecule has 0 N–H and O–H groups in total. The van der Waals surface area contributed by atoms with Crippen LogP contribution in [0.1, 0.15) is 44.1 Å². The molecule has 0 saturated heterocycles. The van der Waals surface area contributed by atoms with Crippen LogP contribution in [0.25, 0.3) is 0 Å². The van der Waals surface area contributed by atoms with Crippen molar-refractivity contribution < 1.29 is 4.74 Å². The minimum Gasteiger partial charge on any atom is -0.469 e. The Morgan fingerprint density at radius 3 is 2.37 bits per heavy atom. The molecule has 0 radical (unpaired) electrons. The van der Waals surface area contributed by atoms with Gasteiger partial charge < -0.3 is 4.74 Å². The van der Waals surface area contributed by atoms with E-state index in [0.29, 0.717) is 11.4 Å². The highest BCUT2D eigenvalue weighted by Crippen LogP contribution is 2.56. The fourth-order valence-corrected chi connectivity index (χ4v) is 4.84. The van der Waals surface area contributed by atoms with Crippen molar-refractivity contribution in [1.29, 1.82) is 5.26 Å². The van der Waals surface area contributed by atoms with Crippen LogP contribution in [-0.4, -0.2) is 15.8 Å². The van der Waals surface area contributed by atoms with Crippen molar-refractivity contribution in [3.05, 3.63) is 17.8 Å². The Bertz CT molecular complexity index is 513. The van der Waals surface area contributed by atoms with E-state index in [0.717, 1.165) is 37.0 Å². The third-order valence-corrected chi connectivity index (χ3v) is 5.10. The SMILES string of the molecule is N#Cc1ccnnc1OC12CC3CC(CC(C3)C1)C2. The normalized spacial score (nSPS) is 39.0.